The van der Waals surface area contributed by atoms with Gasteiger partial charge in [-0.15, -0.1) is 0 Å². The Morgan fingerprint density at radius 1 is 1.33 bits per heavy atom. The van der Waals surface area contributed by atoms with Crippen LogP contribution >= 0.6 is 0 Å². The number of amides is 1. The van der Waals surface area contributed by atoms with Gasteiger partial charge in [0.2, 0.25) is 5.91 Å². The predicted octanol–water partition coefficient (Wildman–Crippen LogP) is 2.37. The van der Waals surface area contributed by atoms with Crippen LogP contribution in [0.2, 0.25) is 0 Å². The van der Waals surface area contributed by atoms with Gasteiger partial charge in [0.1, 0.15) is 0 Å². The van der Waals surface area contributed by atoms with Crippen LogP contribution in [0, 0.1) is 13.8 Å². The van der Waals surface area contributed by atoms with Gasteiger partial charge in [0.05, 0.1) is 0 Å². The minimum atomic E-state index is 0.0336. The molecule has 15 heavy (non-hydrogen) atoms. The van der Waals surface area contributed by atoms with E-state index in [-0.39, 0.29) is 11.9 Å². The number of aryl methyl sites for hydroxylation is 2. The Bertz CT molecular complexity index is 358. The van der Waals surface area contributed by atoms with Crippen molar-refractivity contribution in [3.63, 3.8) is 0 Å². The maximum Gasteiger partial charge on any atom is 0.217 e. The molecule has 0 aliphatic carbocycles. The third kappa shape index (κ3) is 3.74. The molecule has 0 aromatic heterocycles. The van der Waals surface area contributed by atoms with E-state index in [0.29, 0.717) is 0 Å². The molecule has 82 valence electrons. The molecule has 0 saturated carbocycles. The zero-order chi connectivity index (χ0) is 11.4. The van der Waals surface area contributed by atoms with Crippen molar-refractivity contribution in [1.29, 1.82) is 0 Å². The van der Waals surface area contributed by atoms with Gasteiger partial charge in [-0.05, 0) is 43.9 Å². The number of carbonyl (C=O) groups excluding carboxylic acids is 1. The van der Waals surface area contributed by atoms with Gasteiger partial charge >= 0.3 is 0 Å². The largest absolute Gasteiger partial charge is 0.354 e. The first-order valence-electron chi connectivity index (χ1n) is 5.32. The van der Waals surface area contributed by atoms with Crippen molar-refractivity contribution in [3.05, 3.63) is 34.9 Å². The minimum Gasteiger partial charge on any atom is -0.354 e. The van der Waals surface area contributed by atoms with Crippen molar-refractivity contribution in [2.24, 2.45) is 0 Å². The minimum absolute atomic E-state index is 0.0336. The smallest absolute Gasteiger partial charge is 0.217 e. The van der Waals surface area contributed by atoms with E-state index in [4.69, 9.17) is 0 Å². The summed E-state index contributed by atoms with van der Waals surface area (Å²) in [4.78, 5) is 10.9. The number of hydrogen-bond acceptors (Lipinski definition) is 1. The quantitative estimate of drug-likeness (QED) is 0.806. The lowest BCUT2D eigenvalue weighted by Gasteiger charge is -2.13. The van der Waals surface area contributed by atoms with Gasteiger partial charge in [-0.2, -0.15) is 0 Å². The first kappa shape index (κ1) is 11.8. The molecule has 1 aromatic rings. The van der Waals surface area contributed by atoms with E-state index < -0.39 is 0 Å². The Morgan fingerprint density at radius 3 is 2.53 bits per heavy atom. The second-order valence-electron chi connectivity index (χ2n) is 4.22. The van der Waals surface area contributed by atoms with E-state index >= 15 is 0 Å². The monoisotopic (exact) mass is 205 g/mol. The summed E-state index contributed by atoms with van der Waals surface area (Å²) in [5.41, 5.74) is 3.90. The summed E-state index contributed by atoms with van der Waals surface area (Å²) >= 11 is 0. The standard InChI is InChI=1S/C13H19NO/c1-9-5-6-13(7-10(9)2)8-11(3)14-12(4)15/h5-7,11H,8H2,1-4H3,(H,14,15). The van der Waals surface area contributed by atoms with E-state index in [9.17, 15) is 4.79 Å². The van der Waals surface area contributed by atoms with Crippen LogP contribution in [-0.4, -0.2) is 11.9 Å². The predicted molar refractivity (Wildman–Crippen MR) is 62.9 cm³/mol. The van der Waals surface area contributed by atoms with Gasteiger partial charge in [-0.1, -0.05) is 18.2 Å². The SMILES string of the molecule is CC(=O)NC(C)Cc1ccc(C)c(C)c1. The second-order valence-corrected chi connectivity index (χ2v) is 4.22. The molecule has 0 aliphatic heterocycles. The number of rotatable bonds is 3. The van der Waals surface area contributed by atoms with Crippen LogP contribution < -0.4 is 5.32 Å². The van der Waals surface area contributed by atoms with Crippen molar-refractivity contribution in [2.75, 3.05) is 0 Å². The second kappa shape index (κ2) is 4.96. The summed E-state index contributed by atoms with van der Waals surface area (Å²) in [7, 11) is 0. The van der Waals surface area contributed by atoms with Gasteiger partial charge < -0.3 is 5.32 Å². The van der Waals surface area contributed by atoms with E-state index in [1.165, 1.54) is 16.7 Å². The molecule has 1 unspecified atom stereocenters. The molecule has 0 radical (unpaired) electrons. The Morgan fingerprint density at radius 2 is 2.00 bits per heavy atom. The molecule has 2 nitrogen and oxygen atoms in total. The topological polar surface area (TPSA) is 29.1 Å². The van der Waals surface area contributed by atoms with E-state index in [1.807, 2.05) is 6.92 Å². The lowest BCUT2D eigenvalue weighted by molar-refractivity contribution is -0.119. The van der Waals surface area contributed by atoms with E-state index in [2.05, 4.69) is 37.4 Å². The normalized spacial score (nSPS) is 12.3. The number of carbonyl (C=O) groups is 1. The molecular formula is C13H19NO. The first-order chi connectivity index (χ1) is 6.99. The third-order valence-electron chi connectivity index (χ3n) is 2.56. The highest BCUT2D eigenvalue weighted by atomic mass is 16.1. The average Bonchev–Trinajstić information content (AvgIpc) is 2.10. The molecule has 0 spiro atoms. The van der Waals surface area contributed by atoms with Gasteiger partial charge in [0, 0.05) is 13.0 Å². The summed E-state index contributed by atoms with van der Waals surface area (Å²) in [6.45, 7) is 7.80. The van der Waals surface area contributed by atoms with Gasteiger partial charge in [0.25, 0.3) is 0 Å². The van der Waals surface area contributed by atoms with Crippen LogP contribution in [0.1, 0.15) is 30.5 Å². The average molecular weight is 205 g/mol. The molecule has 1 atom stereocenters. The molecular weight excluding hydrogens is 186 g/mol. The Hall–Kier alpha value is -1.31. The lowest BCUT2D eigenvalue weighted by atomic mass is 10.0. The van der Waals surface area contributed by atoms with Crippen LogP contribution in [0.4, 0.5) is 0 Å². The fourth-order valence-electron chi connectivity index (χ4n) is 1.68. The van der Waals surface area contributed by atoms with E-state index in [0.717, 1.165) is 6.42 Å². The highest BCUT2D eigenvalue weighted by Gasteiger charge is 2.05. The number of nitrogens with one attached hydrogen (secondary N) is 1. The zero-order valence-electron chi connectivity index (χ0n) is 9.92. The van der Waals surface area contributed by atoms with Gasteiger partial charge in [-0.3, -0.25) is 4.79 Å². The maximum absolute atomic E-state index is 10.9. The number of benzene rings is 1. The molecule has 0 aliphatic rings. The summed E-state index contributed by atoms with van der Waals surface area (Å²) in [6.07, 6.45) is 0.890. The Labute approximate surface area is 91.7 Å². The summed E-state index contributed by atoms with van der Waals surface area (Å²) in [5, 5.41) is 2.89. The summed E-state index contributed by atoms with van der Waals surface area (Å²) in [6, 6.07) is 6.64. The van der Waals surface area contributed by atoms with Crippen LogP contribution in [0.25, 0.3) is 0 Å². The zero-order valence-corrected chi connectivity index (χ0v) is 9.92. The highest BCUT2D eigenvalue weighted by Crippen LogP contribution is 2.11. The van der Waals surface area contributed by atoms with Gasteiger partial charge in [0.15, 0.2) is 0 Å². The van der Waals surface area contributed by atoms with Crippen molar-refractivity contribution < 1.29 is 4.79 Å². The molecule has 0 saturated heterocycles. The molecule has 0 bridgehead atoms. The Balaban J connectivity index is 2.64. The molecule has 1 rings (SSSR count). The first-order valence-corrected chi connectivity index (χ1v) is 5.32. The summed E-state index contributed by atoms with van der Waals surface area (Å²) in [5.74, 6) is 0.0336. The van der Waals surface area contributed by atoms with Crippen LogP contribution in [0.5, 0.6) is 0 Å². The summed E-state index contributed by atoms with van der Waals surface area (Å²) < 4.78 is 0. The Kier molecular flexibility index (Phi) is 3.89. The molecule has 1 aromatic carbocycles. The number of hydrogen-bond donors (Lipinski definition) is 1. The highest BCUT2D eigenvalue weighted by molar-refractivity contribution is 5.73. The van der Waals surface area contributed by atoms with Crippen LogP contribution in [-0.2, 0) is 11.2 Å². The molecule has 1 N–H and O–H groups in total. The third-order valence-corrected chi connectivity index (χ3v) is 2.56. The fraction of sp³-hybridized carbons (Fsp3) is 0.462. The fourth-order valence-corrected chi connectivity index (χ4v) is 1.68. The van der Waals surface area contributed by atoms with Crippen molar-refractivity contribution in [1.82, 2.24) is 5.32 Å². The maximum atomic E-state index is 10.9. The van der Waals surface area contributed by atoms with E-state index in [1.54, 1.807) is 6.92 Å². The van der Waals surface area contributed by atoms with Crippen LogP contribution in [0.3, 0.4) is 0 Å². The van der Waals surface area contributed by atoms with Crippen molar-refractivity contribution >= 4 is 5.91 Å². The van der Waals surface area contributed by atoms with Gasteiger partial charge in [-0.25, -0.2) is 0 Å². The molecule has 0 heterocycles. The molecule has 2 heteroatoms. The van der Waals surface area contributed by atoms with Crippen molar-refractivity contribution in [3.8, 4) is 0 Å². The molecule has 0 fully saturated rings. The van der Waals surface area contributed by atoms with Crippen molar-refractivity contribution in [2.45, 2.75) is 40.2 Å². The van der Waals surface area contributed by atoms with Crippen LogP contribution in [0.15, 0.2) is 18.2 Å². The molecule has 1 amide bonds. The lowest BCUT2D eigenvalue weighted by Crippen LogP contribution is -2.32.